The fourth-order valence-electron chi connectivity index (χ4n) is 1.97. The summed E-state index contributed by atoms with van der Waals surface area (Å²) >= 11 is 5.85. The number of pyridine rings is 1. The first-order chi connectivity index (χ1) is 10.7. The average Bonchev–Trinajstić information content (AvgIpc) is 2.54. The van der Waals surface area contributed by atoms with Gasteiger partial charge in [-0.15, -0.1) is 0 Å². The van der Waals surface area contributed by atoms with Gasteiger partial charge in [0.2, 0.25) is 0 Å². The van der Waals surface area contributed by atoms with Crippen LogP contribution in [0.3, 0.4) is 0 Å². The van der Waals surface area contributed by atoms with E-state index in [1.807, 2.05) is 30.3 Å². The molecule has 116 valence electrons. The molecule has 4 nitrogen and oxygen atoms in total. The molecule has 2 aromatic rings. The Kier molecular flexibility index (Phi) is 6.22. The lowest BCUT2D eigenvalue weighted by Crippen LogP contribution is -2.25. The number of benzene rings is 1. The molecule has 5 heteroatoms. The van der Waals surface area contributed by atoms with Crippen LogP contribution in [-0.4, -0.2) is 17.4 Å². The predicted molar refractivity (Wildman–Crippen MR) is 90.8 cm³/mol. The fraction of sp³-hybridized carbons (Fsp3) is 0.294. The van der Waals surface area contributed by atoms with Gasteiger partial charge in [0, 0.05) is 17.3 Å². The molecular weight excluding hydrogens is 298 g/mol. The highest BCUT2D eigenvalue weighted by molar-refractivity contribution is 6.30. The van der Waals surface area contributed by atoms with E-state index in [4.69, 9.17) is 11.6 Å². The highest BCUT2D eigenvalue weighted by Crippen LogP contribution is 2.18. The first kappa shape index (κ1) is 16.3. The molecule has 0 atom stereocenters. The van der Waals surface area contributed by atoms with Crippen LogP contribution in [0.2, 0.25) is 5.02 Å². The summed E-state index contributed by atoms with van der Waals surface area (Å²) in [5.74, 6) is -0.130. The quantitative estimate of drug-likeness (QED) is 0.744. The van der Waals surface area contributed by atoms with E-state index in [2.05, 4.69) is 22.5 Å². The maximum atomic E-state index is 11.9. The number of hydrogen-bond donors (Lipinski definition) is 2. The molecule has 0 saturated heterocycles. The van der Waals surface area contributed by atoms with Gasteiger partial charge in [0.1, 0.15) is 5.69 Å². The van der Waals surface area contributed by atoms with Gasteiger partial charge in [-0.2, -0.15) is 0 Å². The minimum atomic E-state index is -0.130. The van der Waals surface area contributed by atoms with Gasteiger partial charge in [-0.1, -0.05) is 31.4 Å². The van der Waals surface area contributed by atoms with Crippen LogP contribution in [-0.2, 0) is 0 Å². The van der Waals surface area contributed by atoms with Crippen molar-refractivity contribution in [1.82, 2.24) is 10.3 Å². The molecule has 0 unspecified atom stereocenters. The van der Waals surface area contributed by atoms with E-state index in [0.717, 1.165) is 30.6 Å². The zero-order valence-electron chi connectivity index (χ0n) is 12.6. The van der Waals surface area contributed by atoms with Gasteiger partial charge >= 0.3 is 0 Å². The standard InChI is InChI=1S/C17H20ClN3O/c1-2-3-4-11-19-17(22)16-10-9-15(12-20-16)21-14-7-5-13(18)6-8-14/h5-10,12,21H,2-4,11H2,1H3,(H,19,22). The molecule has 2 N–H and O–H groups in total. The Hall–Kier alpha value is -2.07. The molecule has 1 aromatic carbocycles. The van der Waals surface area contributed by atoms with Crippen molar-refractivity contribution in [2.75, 3.05) is 11.9 Å². The lowest BCUT2D eigenvalue weighted by Gasteiger charge is -2.07. The maximum Gasteiger partial charge on any atom is 0.269 e. The van der Waals surface area contributed by atoms with Crippen molar-refractivity contribution in [2.24, 2.45) is 0 Å². The second kappa shape index (κ2) is 8.39. The van der Waals surface area contributed by atoms with Crippen LogP contribution < -0.4 is 10.6 Å². The summed E-state index contributed by atoms with van der Waals surface area (Å²) in [6, 6.07) is 11.0. The number of rotatable bonds is 7. The van der Waals surface area contributed by atoms with Crippen molar-refractivity contribution >= 4 is 28.9 Å². The molecule has 0 fully saturated rings. The van der Waals surface area contributed by atoms with Crippen molar-refractivity contribution in [2.45, 2.75) is 26.2 Å². The zero-order valence-corrected chi connectivity index (χ0v) is 13.4. The molecule has 0 bridgehead atoms. The molecular formula is C17H20ClN3O. The summed E-state index contributed by atoms with van der Waals surface area (Å²) in [6.07, 6.45) is 4.91. The zero-order chi connectivity index (χ0) is 15.8. The van der Waals surface area contributed by atoms with Gasteiger partial charge in [-0.3, -0.25) is 4.79 Å². The second-order valence-corrected chi connectivity index (χ2v) is 5.46. The van der Waals surface area contributed by atoms with Crippen LogP contribution >= 0.6 is 11.6 Å². The number of unbranched alkanes of at least 4 members (excludes halogenated alkanes) is 2. The van der Waals surface area contributed by atoms with Gasteiger partial charge in [0.25, 0.3) is 5.91 Å². The topological polar surface area (TPSA) is 54.0 Å². The summed E-state index contributed by atoms with van der Waals surface area (Å²) in [5, 5.41) is 6.77. The number of amides is 1. The van der Waals surface area contributed by atoms with E-state index in [9.17, 15) is 4.79 Å². The average molecular weight is 318 g/mol. The Balaban J connectivity index is 1.89. The van der Waals surface area contributed by atoms with Gasteiger partial charge in [-0.25, -0.2) is 4.98 Å². The molecule has 0 radical (unpaired) electrons. The molecule has 1 heterocycles. The van der Waals surface area contributed by atoms with Gasteiger partial charge < -0.3 is 10.6 Å². The third-order valence-electron chi connectivity index (χ3n) is 3.19. The highest BCUT2D eigenvalue weighted by Gasteiger charge is 2.06. The number of nitrogens with one attached hydrogen (secondary N) is 2. The highest BCUT2D eigenvalue weighted by atomic mass is 35.5. The third-order valence-corrected chi connectivity index (χ3v) is 3.45. The maximum absolute atomic E-state index is 11.9. The summed E-state index contributed by atoms with van der Waals surface area (Å²) < 4.78 is 0. The van der Waals surface area contributed by atoms with E-state index >= 15 is 0 Å². The predicted octanol–water partition coefficient (Wildman–Crippen LogP) is 4.40. The lowest BCUT2D eigenvalue weighted by molar-refractivity contribution is 0.0948. The van der Waals surface area contributed by atoms with Crippen molar-refractivity contribution < 1.29 is 4.79 Å². The van der Waals surface area contributed by atoms with E-state index in [-0.39, 0.29) is 5.91 Å². The number of nitrogens with zero attached hydrogens (tertiary/aromatic N) is 1. The van der Waals surface area contributed by atoms with Crippen LogP contribution in [0.5, 0.6) is 0 Å². The first-order valence-electron chi connectivity index (χ1n) is 7.46. The summed E-state index contributed by atoms with van der Waals surface area (Å²) in [4.78, 5) is 16.1. The van der Waals surface area contributed by atoms with E-state index in [1.165, 1.54) is 0 Å². The number of hydrogen-bond acceptors (Lipinski definition) is 3. The van der Waals surface area contributed by atoms with Crippen LogP contribution in [0.15, 0.2) is 42.6 Å². The van der Waals surface area contributed by atoms with Gasteiger partial charge in [0.05, 0.1) is 11.9 Å². The number of carbonyl (C=O) groups is 1. The minimum Gasteiger partial charge on any atom is -0.354 e. The Labute approximate surface area is 135 Å². The molecule has 0 aliphatic rings. The number of carbonyl (C=O) groups excluding carboxylic acids is 1. The SMILES string of the molecule is CCCCCNC(=O)c1ccc(Nc2ccc(Cl)cc2)cn1. The van der Waals surface area contributed by atoms with Crippen molar-refractivity contribution in [3.05, 3.63) is 53.3 Å². The summed E-state index contributed by atoms with van der Waals surface area (Å²) in [6.45, 7) is 2.83. The summed E-state index contributed by atoms with van der Waals surface area (Å²) in [7, 11) is 0. The number of anilines is 2. The Morgan fingerprint density at radius 2 is 1.82 bits per heavy atom. The lowest BCUT2D eigenvalue weighted by atomic mass is 10.2. The molecule has 0 saturated carbocycles. The van der Waals surface area contributed by atoms with Gasteiger partial charge in [-0.05, 0) is 42.8 Å². The van der Waals surface area contributed by atoms with Crippen molar-refractivity contribution in [3.8, 4) is 0 Å². The van der Waals surface area contributed by atoms with Crippen molar-refractivity contribution in [3.63, 3.8) is 0 Å². The molecule has 0 aliphatic heterocycles. The van der Waals surface area contributed by atoms with E-state index in [1.54, 1.807) is 12.3 Å². The smallest absolute Gasteiger partial charge is 0.269 e. The fourth-order valence-corrected chi connectivity index (χ4v) is 2.10. The van der Waals surface area contributed by atoms with Crippen LogP contribution in [0.1, 0.15) is 36.7 Å². The molecule has 1 aromatic heterocycles. The number of aromatic nitrogens is 1. The van der Waals surface area contributed by atoms with Crippen LogP contribution in [0.25, 0.3) is 0 Å². The normalized spacial score (nSPS) is 10.3. The Morgan fingerprint density at radius 3 is 2.45 bits per heavy atom. The molecule has 0 aliphatic carbocycles. The second-order valence-electron chi connectivity index (χ2n) is 5.03. The van der Waals surface area contributed by atoms with Gasteiger partial charge in [0.15, 0.2) is 0 Å². The summed E-state index contributed by atoms with van der Waals surface area (Å²) in [5.41, 5.74) is 2.17. The van der Waals surface area contributed by atoms with Crippen LogP contribution in [0.4, 0.5) is 11.4 Å². The molecule has 22 heavy (non-hydrogen) atoms. The van der Waals surface area contributed by atoms with E-state index in [0.29, 0.717) is 17.3 Å². The Morgan fingerprint density at radius 1 is 1.09 bits per heavy atom. The monoisotopic (exact) mass is 317 g/mol. The first-order valence-corrected chi connectivity index (χ1v) is 7.83. The minimum absolute atomic E-state index is 0.130. The third kappa shape index (κ3) is 5.04. The van der Waals surface area contributed by atoms with Crippen LogP contribution in [0, 0.1) is 0 Å². The number of halogens is 1. The van der Waals surface area contributed by atoms with E-state index < -0.39 is 0 Å². The van der Waals surface area contributed by atoms with Crippen molar-refractivity contribution in [1.29, 1.82) is 0 Å². The molecule has 1 amide bonds. The largest absolute Gasteiger partial charge is 0.354 e. The molecule has 2 rings (SSSR count). The Bertz CT molecular complexity index is 596. The molecule has 0 spiro atoms.